The molecule has 2 saturated heterocycles. The third-order valence-electron chi connectivity index (χ3n) is 9.03. The molecule has 2 fully saturated rings. The molecule has 9 heteroatoms. The van der Waals surface area contributed by atoms with Crippen molar-refractivity contribution in [1.82, 2.24) is 35.2 Å². The molecule has 9 nitrogen and oxygen atoms in total. The normalized spacial score (nSPS) is 20.5. The number of aromatic nitrogens is 6. The van der Waals surface area contributed by atoms with Gasteiger partial charge in [-0.15, -0.1) is 10.2 Å². The van der Waals surface area contributed by atoms with E-state index in [0.717, 1.165) is 71.4 Å². The van der Waals surface area contributed by atoms with Crippen molar-refractivity contribution in [1.29, 1.82) is 0 Å². The highest BCUT2D eigenvalue weighted by Crippen LogP contribution is 2.43. The predicted octanol–water partition coefficient (Wildman–Crippen LogP) is 6.04. The smallest absolute Gasteiger partial charge is 0.261 e. The first-order chi connectivity index (χ1) is 21.0. The number of hydrogen-bond acceptors (Lipinski definition) is 7. The first-order valence-corrected chi connectivity index (χ1v) is 15.4. The Morgan fingerprint density at radius 1 is 1.05 bits per heavy atom. The number of H-pyrrole nitrogens is 1. The van der Waals surface area contributed by atoms with Crippen molar-refractivity contribution in [3.63, 3.8) is 0 Å². The van der Waals surface area contributed by atoms with E-state index in [2.05, 4.69) is 75.9 Å². The van der Waals surface area contributed by atoms with Crippen molar-refractivity contribution in [2.45, 2.75) is 77.0 Å². The van der Waals surface area contributed by atoms with Gasteiger partial charge in [0, 0.05) is 31.0 Å². The standard InChI is InChI=1S/C34H37N7O2/c1-3-4-12-31-35-30-18-17-25(34(2)21-26-9-7-8-19-41(26)43-34)20-29(30)33(42)40(31)22-23-13-15-24(16-14-23)27-10-5-6-11-28(27)32-36-38-39-37-32/h5-6,10-11,13-18,20,26H,3-4,7-9,12,19,21-22H2,1-2H3,(H,36,37,38,39)/t26?,34-/m1/s1. The molecule has 0 spiro atoms. The van der Waals surface area contributed by atoms with Crippen LogP contribution in [0.4, 0.5) is 0 Å². The van der Waals surface area contributed by atoms with Crippen LogP contribution in [0.5, 0.6) is 0 Å². The van der Waals surface area contributed by atoms with Crippen molar-refractivity contribution in [2.75, 3.05) is 6.54 Å². The van der Waals surface area contributed by atoms with Crippen LogP contribution in [0.3, 0.4) is 0 Å². The van der Waals surface area contributed by atoms with Gasteiger partial charge in [0.2, 0.25) is 5.82 Å². The molecule has 0 radical (unpaired) electrons. The monoisotopic (exact) mass is 575 g/mol. The number of benzene rings is 3. The molecule has 43 heavy (non-hydrogen) atoms. The van der Waals surface area contributed by atoms with Gasteiger partial charge in [-0.2, -0.15) is 10.3 Å². The lowest BCUT2D eigenvalue weighted by Gasteiger charge is -2.28. The lowest BCUT2D eigenvalue weighted by molar-refractivity contribution is -0.209. The molecule has 2 aromatic heterocycles. The van der Waals surface area contributed by atoms with E-state index in [1.54, 1.807) is 0 Å². The van der Waals surface area contributed by atoms with E-state index in [9.17, 15) is 4.79 Å². The Morgan fingerprint density at radius 3 is 2.65 bits per heavy atom. The van der Waals surface area contributed by atoms with Crippen molar-refractivity contribution in [2.24, 2.45) is 0 Å². The highest BCUT2D eigenvalue weighted by molar-refractivity contribution is 5.80. The Balaban J connectivity index is 1.22. The maximum absolute atomic E-state index is 14.2. The van der Waals surface area contributed by atoms with Gasteiger partial charge in [0.05, 0.1) is 17.4 Å². The average molecular weight is 576 g/mol. The number of aromatic amines is 1. The molecular formula is C34H37N7O2. The topological polar surface area (TPSA) is 102 Å². The number of hydroxylamine groups is 2. The van der Waals surface area contributed by atoms with E-state index in [4.69, 9.17) is 9.82 Å². The van der Waals surface area contributed by atoms with Gasteiger partial charge >= 0.3 is 0 Å². The van der Waals surface area contributed by atoms with Crippen LogP contribution in [0.15, 0.2) is 71.5 Å². The number of hydrogen-bond donors (Lipinski definition) is 1. The number of nitrogens with one attached hydrogen (secondary N) is 1. The summed E-state index contributed by atoms with van der Waals surface area (Å²) in [5, 5.41) is 17.4. The zero-order valence-electron chi connectivity index (χ0n) is 24.8. The van der Waals surface area contributed by atoms with Gasteiger partial charge in [-0.05, 0) is 65.8 Å². The van der Waals surface area contributed by atoms with E-state index >= 15 is 0 Å². The van der Waals surface area contributed by atoms with Gasteiger partial charge in [0.25, 0.3) is 5.56 Å². The molecule has 2 aliphatic rings. The molecule has 5 aromatic rings. The van der Waals surface area contributed by atoms with Crippen LogP contribution < -0.4 is 5.56 Å². The fourth-order valence-electron chi connectivity index (χ4n) is 6.68. The molecule has 3 aromatic carbocycles. The molecule has 0 amide bonds. The minimum absolute atomic E-state index is 0.00352. The molecule has 0 bridgehead atoms. The lowest BCUT2D eigenvalue weighted by atomic mass is 9.87. The maximum atomic E-state index is 14.2. The summed E-state index contributed by atoms with van der Waals surface area (Å²) in [7, 11) is 0. The summed E-state index contributed by atoms with van der Waals surface area (Å²) in [6, 6.07) is 23.0. The summed E-state index contributed by atoms with van der Waals surface area (Å²) >= 11 is 0. The molecule has 4 heterocycles. The predicted molar refractivity (Wildman–Crippen MR) is 166 cm³/mol. The molecule has 0 saturated carbocycles. The molecule has 0 aliphatic carbocycles. The fraction of sp³-hybridized carbons (Fsp3) is 0.382. The number of fused-ring (bicyclic) bond motifs is 2. The van der Waals surface area contributed by atoms with E-state index < -0.39 is 5.60 Å². The van der Waals surface area contributed by atoms with E-state index in [1.807, 2.05) is 34.9 Å². The minimum Gasteiger partial charge on any atom is -0.292 e. The number of piperidine rings is 1. The number of tetrazole rings is 1. The second kappa shape index (κ2) is 11.5. The van der Waals surface area contributed by atoms with Crippen LogP contribution >= 0.6 is 0 Å². The number of aryl methyl sites for hydroxylation is 1. The maximum Gasteiger partial charge on any atom is 0.261 e. The first kappa shape index (κ1) is 27.6. The highest BCUT2D eigenvalue weighted by atomic mass is 16.7. The van der Waals surface area contributed by atoms with Crippen molar-refractivity contribution >= 4 is 10.9 Å². The van der Waals surface area contributed by atoms with Gasteiger partial charge in [-0.25, -0.2) is 4.98 Å². The van der Waals surface area contributed by atoms with Crippen molar-refractivity contribution in [3.05, 3.63) is 94.0 Å². The van der Waals surface area contributed by atoms with Gasteiger partial charge in [0.1, 0.15) is 11.4 Å². The van der Waals surface area contributed by atoms with Gasteiger partial charge in [-0.1, -0.05) is 74.4 Å². The fourth-order valence-corrected chi connectivity index (χ4v) is 6.68. The zero-order chi connectivity index (χ0) is 29.4. The van der Waals surface area contributed by atoms with Gasteiger partial charge in [-0.3, -0.25) is 14.2 Å². The van der Waals surface area contributed by atoms with Crippen LogP contribution in [-0.4, -0.2) is 47.8 Å². The minimum atomic E-state index is -0.436. The van der Waals surface area contributed by atoms with Gasteiger partial charge < -0.3 is 0 Å². The Hall–Kier alpha value is -4.21. The SMILES string of the molecule is CCCCc1nc2ccc([C@@]3(C)CC4CCCCN4O3)cc2c(=O)n1Cc1ccc(-c2ccccc2-c2nn[nH]n2)cc1. The van der Waals surface area contributed by atoms with Crippen molar-refractivity contribution in [3.8, 4) is 22.5 Å². The van der Waals surface area contributed by atoms with E-state index in [1.165, 1.54) is 19.3 Å². The summed E-state index contributed by atoms with van der Waals surface area (Å²) in [5.74, 6) is 1.39. The number of nitrogens with zero attached hydrogens (tertiary/aromatic N) is 6. The average Bonchev–Trinajstić information content (AvgIpc) is 3.70. The molecule has 1 unspecified atom stereocenters. The second-order valence-electron chi connectivity index (χ2n) is 12.0. The number of unbranched alkanes of at least 4 members (excludes halogenated alkanes) is 1. The van der Waals surface area contributed by atoms with Crippen LogP contribution in [0.1, 0.15) is 69.3 Å². The van der Waals surface area contributed by atoms with Crippen LogP contribution in [-0.2, 0) is 23.4 Å². The summed E-state index contributed by atoms with van der Waals surface area (Å²) in [6.07, 6.45) is 7.30. The summed E-state index contributed by atoms with van der Waals surface area (Å²) in [4.78, 5) is 25.7. The molecule has 2 atom stereocenters. The van der Waals surface area contributed by atoms with Crippen LogP contribution in [0.25, 0.3) is 33.4 Å². The molecular weight excluding hydrogens is 538 g/mol. The third-order valence-corrected chi connectivity index (χ3v) is 9.03. The molecule has 1 N–H and O–H groups in total. The Morgan fingerprint density at radius 2 is 1.88 bits per heavy atom. The first-order valence-electron chi connectivity index (χ1n) is 15.4. The highest BCUT2D eigenvalue weighted by Gasteiger charge is 2.44. The Bertz CT molecular complexity index is 1780. The van der Waals surface area contributed by atoms with Gasteiger partial charge in [0.15, 0.2) is 0 Å². The molecule has 2 aliphatic heterocycles. The van der Waals surface area contributed by atoms with E-state index in [-0.39, 0.29) is 5.56 Å². The second-order valence-corrected chi connectivity index (χ2v) is 12.0. The summed E-state index contributed by atoms with van der Waals surface area (Å²) in [6.45, 7) is 5.76. The zero-order valence-corrected chi connectivity index (χ0v) is 24.8. The van der Waals surface area contributed by atoms with Crippen LogP contribution in [0, 0.1) is 0 Å². The largest absolute Gasteiger partial charge is 0.292 e. The summed E-state index contributed by atoms with van der Waals surface area (Å²) in [5.41, 5.74) is 5.39. The quantitative estimate of drug-likeness (QED) is 0.241. The third kappa shape index (κ3) is 5.28. The Labute approximate surface area is 250 Å². The van der Waals surface area contributed by atoms with Crippen molar-refractivity contribution < 1.29 is 4.84 Å². The Kier molecular flexibility index (Phi) is 7.36. The summed E-state index contributed by atoms with van der Waals surface area (Å²) < 4.78 is 1.87. The van der Waals surface area contributed by atoms with E-state index in [0.29, 0.717) is 23.8 Å². The lowest BCUT2D eigenvalue weighted by Crippen LogP contribution is -2.33. The molecule has 220 valence electrons. The van der Waals surface area contributed by atoms with Crippen LogP contribution in [0.2, 0.25) is 0 Å². The number of rotatable bonds is 8. The molecule has 7 rings (SSSR count).